The van der Waals surface area contributed by atoms with Crippen LogP contribution in [0.25, 0.3) is 0 Å². The molecule has 3 nitrogen and oxygen atoms in total. The van der Waals surface area contributed by atoms with E-state index in [9.17, 15) is 4.79 Å². The number of piperidine rings is 1. The molecule has 0 radical (unpaired) electrons. The Morgan fingerprint density at radius 1 is 1.00 bits per heavy atom. The average Bonchev–Trinajstić information content (AvgIpc) is 3.48. The zero-order chi connectivity index (χ0) is 19.5. The van der Waals surface area contributed by atoms with Crippen molar-refractivity contribution >= 4 is 28.6 Å². The Bertz CT molecular complexity index is 794. The number of likely N-dealkylation sites (tertiary alicyclic amines) is 1. The van der Waals surface area contributed by atoms with Gasteiger partial charge in [0.05, 0.1) is 5.56 Å². The second-order valence-corrected chi connectivity index (χ2v) is 9.70. The molecule has 1 saturated carbocycles. The minimum absolute atomic E-state index is 0.367. The van der Waals surface area contributed by atoms with Gasteiger partial charge >= 0.3 is 5.97 Å². The summed E-state index contributed by atoms with van der Waals surface area (Å²) in [7, 11) is 0. The largest absolute Gasteiger partial charge is 0.478 e. The fraction of sp³-hybridized carbons (Fsp3) is 0.458. The van der Waals surface area contributed by atoms with Gasteiger partial charge in [0.25, 0.3) is 0 Å². The number of nitrogens with zero attached hydrogens (tertiary/aromatic N) is 1. The van der Waals surface area contributed by atoms with E-state index in [-0.39, 0.29) is 0 Å². The van der Waals surface area contributed by atoms with Gasteiger partial charge in [-0.15, -0.1) is 0 Å². The van der Waals surface area contributed by atoms with Crippen molar-refractivity contribution in [1.82, 2.24) is 4.90 Å². The first-order valence-corrected chi connectivity index (χ1v) is 11.5. The van der Waals surface area contributed by atoms with Crippen molar-refractivity contribution < 1.29 is 9.90 Å². The summed E-state index contributed by atoms with van der Waals surface area (Å²) in [5, 5.41) is 9.00. The van der Waals surface area contributed by atoms with Crippen LogP contribution in [0.2, 0.25) is 0 Å². The second kappa shape index (κ2) is 8.95. The smallest absolute Gasteiger partial charge is 0.335 e. The molecule has 2 aromatic carbocycles. The van der Waals surface area contributed by atoms with Crippen LogP contribution in [-0.4, -0.2) is 29.1 Å². The highest BCUT2D eigenvalue weighted by Gasteiger charge is 2.38. The molecule has 2 atom stereocenters. The molecule has 0 unspecified atom stereocenters. The molecule has 1 aliphatic carbocycles. The molecule has 2 aromatic rings. The van der Waals surface area contributed by atoms with Crippen molar-refractivity contribution in [2.45, 2.75) is 44.6 Å². The van der Waals surface area contributed by atoms with Crippen LogP contribution in [0.5, 0.6) is 0 Å². The van der Waals surface area contributed by atoms with E-state index in [1.807, 2.05) is 12.1 Å². The number of benzene rings is 2. The molecule has 4 heteroatoms. The van der Waals surface area contributed by atoms with Gasteiger partial charge in [0, 0.05) is 10.1 Å². The highest BCUT2D eigenvalue weighted by molar-refractivity contribution is 14.1. The molecule has 0 amide bonds. The Balaban J connectivity index is 1.17. The predicted octanol–water partition coefficient (Wildman–Crippen LogP) is 5.79. The number of carbonyl (C=O) groups is 1. The van der Waals surface area contributed by atoms with Crippen LogP contribution in [0.3, 0.4) is 0 Å². The van der Waals surface area contributed by atoms with Gasteiger partial charge < -0.3 is 5.11 Å². The summed E-state index contributed by atoms with van der Waals surface area (Å²) >= 11 is 2.38. The lowest BCUT2D eigenvalue weighted by Gasteiger charge is -2.32. The lowest BCUT2D eigenvalue weighted by atomic mass is 9.90. The Kier molecular flexibility index (Phi) is 6.36. The van der Waals surface area contributed by atoms with Crippen LogP contribution >= 0.6 is 22.6 Å². The summed E-state index contributed by atoms with van der Waals surface area (Å²) in [6, 6.07) is 16.4. The van der Waals surface area contributed by atoms with Gasteiger partial charge in [0.2, 0.25) is 0 Å². The summed E-state index contributed by atoms with van der Waals surface area (Å²) in [4.78, 5) is 13.5. The molecule has 148 valence electrons. The zero-order valence-corrected chi connectivity index (χ0v) is 18.3. The van der Waals surface area contributed by atoms with Gasteiger partial charge in [0.15, 0.2) is 0 Å². The molecule has 2 fully saturated rings. The van der Waals surface area contributed by atoms with Crippen LogP contribution in [0, 0.1) is 15.4 Å². The molecule has 1 N–H and O–H groups in total. The molecule has 0 spiro atoms. The van der Waals surface area contributed by atoms with Crippen LogP contribution < -0.4 is 0 Å². The minimum atomic E-state index is -0.854. The number of aromatic carboxylic acids is 1. The monoisotopic (exact) mass is 489 g/mol. The Morgan fingerprint density at radius 2 is 1.68 bits per heavy atom. The quantitative estimate of drug-likeness (QED) is 0.501. The zero-order valence-electron chi connectivity index (χ0n) is 16.2. The van der Waals surface area contributed by atoms with Gasteiger partial charge in [-0.1, -0.05) is 30.7 Å². The molecule has 2 aliphatic rings. The van der Waals surface area contributed by atoms with Crippen LogP contribution in [-0.2, 0) is 6.54 Å². The fourth-order valence-electron chi connectivity index (χ4n) is 4.58. The molecule has 0 bridgehead atoms. The first-order chi connectivity index (χ1) is 13.6. The second-order valence-electron chi connectivity index (χ2n) is 8.45. The number of hydrogen-bond acceptors (Lipinski definition) is 2. The molecular formula is C24H28INO2. The summed E-state index contributed by atoms with van der Waals surface area (Å²) in [5.41, 5.74) is 3.11. The van der Waals surface area contributed by atoms with Crippen LogP contribution in [0.4, 0.5) is 0 Å². The number of carboxylic acids is 1. The molecule has 1 heterocycles. The SMILES string of the molecule is O=C(O)c1ccc(CN2CCC(CC[C@H]3C[C@@H]3c3ccc(I)cc3)CC2)cc1. The van der Waals surface area contributed by atoms with Gasteiger partial charge in [-0.05, 0) is 115 Å². The summed E-state index contributed by atoms with van der Waals surface area (Å²) < 4.78 is 1.32. The van der Waals surface area contributed by atoms with Gasteiger partial charge in [-0.25, -0.2) is 4.79 Å². The van der Waals surface area contributed by atoms with E-state index >= 15 is 0 Å². The molecular weight excluding hydrogens is 461 g/mol. The Morgan fingerprint density at radius 3 is 2.32 bits per heavy atom. The lowest BCUT2D eigenvalue weighted by molar-refractivity contribution is 0.0697. The van der Waals surface area contributed by atoms with Crippen molar-refractivity contribution in [1.29, 1.82) is 0 Å². The van der Waals surface area contributed by atoms with E-state index in [0.717, 1.165) is 37.4 Å². The molecule has 1 saturated heterocycles. The normalized spacial score (nSPS) is 22.9. The minimum Gasteiger partial charge on any atom is -0.478 e. The average molecular weight is 489 g/mol. The summed E-state index contributed by atoms with van der Waals surface area (Å²) in [6.45, 7) is 3.26. The maximum absolute atomic E-state index is 11.0. The van der Waals surface area contributed by atoms with Crippen molar-refractivity contribution in [3.05, 3.63) is 68.8 Å². The predicted molar refractivity (Wildman–Crippen MR) is 121 cm³/mol. The Labute approximate surface area is 181 Å². The van der Waals surface area contributed by atoms with Gasteiger partial charge in [-0.2, -0.15) is 0 Å². The molecule has 0 aromatic heterocycles. The molecule has 4 rings (SSSR count). The van der Waals surface area contributed by atoms with Gasteiger partial charge in [0.1, 0.15) is 0 Å². The van der Waals surface area contributed by atoms with E-state index in [2.05, 4.69) is 51.8 Å². The summed E-state index contributed by atoms with van der Waals surface area (Å²) in [6.07, 6.45) is 6.75. The number of hydrogen-bond donors (Lipinski definition) is 1. The van der Waals surface area contributed by atoms with Crippen molar-refractivity contribution in [2.75, 3.05) is 13.1 Å². The van der Waals surface area contributed by atoms with E-state index in [0.29, 0.717) is 5.56 Å². The topological polar surface area (TPSA) is 40.5 Å². The number of carboxylic acid groups (broad SMARTS) is 1. The first kappa shape index (κ1) is 19.9. The highest BCUT2D eigenvalue weighted by Crippen LogP contribution is 2.50. The lowest BCUT2D eigenvalue weighted by Crippen LogP contribution is -2.33. The van der Waals surface area contributed by atoms with Crippen LogP contribution in [0.15, 0.2) is 48.5 Å². The van der Waals surface area contributed by atoms with Crippen molar-refractivity contribution in [3.8, 4) is 0 Å². The standard InChI is InChI=1S/C24H28INO2/c25-22-9-7-19(8-10-22)23-15-21(23)6-1-17-11-13-26(14-12-17)16-18-2-4-20(5-3-18)24(27)28/h2-5,7-10,17,21,23H,1,6,11-16H2,(H,27,28)/t21-,23+/m0/s1. The van der Waals surface area contributed by atoms with E-state index in [4.69, 9.17) is 5.11 Å². The van der Waals surface area contributed by atoms with Gasteiger partial charge in [-0.3, -0.25) is 4.90 Å². The molecule has 28 heavy (non-hydrogen) atoms. The summed E-state index contributed by atoms with van der Waals surface area (Å²) in [5.74, 6) is 1.74. The molecule has 1 aliphatic heterocycles. The van der Waals surface area contributed by atoms with Crippen molar-refractivity contribution in [3.63, 3.8) is 0 Å². The van der Waals surface area contributed by atoms with Crippen LogP contribution in [0.1, 0.15) is 59.5 Å². The first-order valence-electron chi connectivity index (χ1n) is 10.4. The number of rotatable bonds is 7. The fourth-order valence-corrected chi connectivity index (χ4v) is 4.94. The Hall–Kier alpha value is -1.40. The third-order valence-electron chi connectivity index (χ3n) is 6.48. The van der Waals surface area contributed by atoms with E-state index < -0.39 is 5.97 Å². The highest BCUT2D eigenvalue weighted by atomic mass is 127. The van der Waals surface area contributed by atoms with E-state index in [1.54, 1.807) is 12.1 Å². The maximum atomic E-state index is 11.0. The van der Waals surface area contributed by atoms with Crippen molar-refractivity contribution in [2.24, 2.45) is 11.8 Å². The maximum Gasteiger partial charge on any atom is 0.335 e. The van der Waals surface area contributed by atoms with E-state index in [1.165, 1.54) is 46.8 Å². The third kappa shape index (κ3) is 5.15. The third-order valence-corrected chi connectivity index (χ3v) is 7.20. The number of halogens is 1.